The van der Waals surface area contributed by atoms with Crippen LogP contribution in [0.15, 0.2) is 28.0 Å². The van der Waals surface area contributed by atoms with Gasteiger partial charge in [-0.2, -0.15) is 0 Å². The second-order valence-corrected chi connectivity index (χ2v) is 6.90. The standard InChI is InChI=1S/C16H18N4O5S/c1-9(21)7-19(8-10(2)22)15-11-5-6-26-16(11)18-14(17-15)12-3-4-13(25-12)20(23)24/h3-6,9-10,21-22H,7-8H2,1-2H3. The van der Waals surface area contributed by atoms with E-state index in [0.717, 1.165) is 5.39 Å². The Morgan fingerprint density at radius 2 is 1.92 bits per heavy atom. The second kappa shape index (κ2) is 7.36. The minimum atomic E-state index is -0.634. The lowest BCUT2D eigenvalue weighted by Crippen LogP contribution is -2.37. The number of rotatable bonds is 7. The predicted molar refractivity (Wildman–Crippen MR) is 97.3 cm³/mol. The molecule has 0 aliphatic heterocycles. The number of furan rings is 1. The average Bonchev–Trinajstić information content (AvgIpc) is 3.21. The van der Waals surface area contributed by atoms with Crippen LogP contribution in [0.25, 0.3) is 21.8 Å². The molecule has 2 unspecified atom stereocenters. The third-order valence-corrected chi connectivity index (χ3v) is 4.37. The van der Waals surface area contributed by atoms with Crippen LogP contribution in [0.2, 0.25) is 0 Å². The van der Waals surface area contributed by atoms with Crippen molar-refractivity contribution in [1.29, 1.82) is 0 Å². The van der Waals surface area contributed by atoms with Crippen LogP contribution < -0.4 is 4.90 Å². The first-order chi connectivity index (χ1) is 12.3. The Balaban J connectivity index is 2.10. The number of anilines is 1. The fourth-order valence-electron chi connectivity index (χ4n) is 2.62. The number of hydrogen-bond acceptors (Lipinski definition) is 9. The summed E-state index contributed by atoms with van der Waals surface area (Å²) in [6.07, 6.45) is -1.27. The molecule has 0 aliphatic rings. The first kappa shape index (κ1) is 18.2. The van der Waals surface area contributed by atoms with Gasteiger partial charge in [-0.15, -0.1) is 11.3 Å². The van der Waals surface area contributed by atoms with Crippen molar-refractivity contribution >= 4 is 33.3 Å². The number of aliphatic hydroxyl groups excluding tert-OH is 2. The molecule has 3 rings (SSSR count). The van der Waals surface area contributed by atoms with Crippen molar-refractivity contribution in [3.8, 4) is 11.6 Å². The number of aromatic nitrogens is 2. The summed E-state index contributed by atoms with van der Waals surface area (Å²) in [7, 11) is 0. The number of fused-ring (bicyclic) bond motifs is 1. The van der Waals surface area contributed by atoms with E-state index in [9.17, 15) is 20.3 Å². The lowest BCUT2D eigenvalue weighted by atomic mass is 10.2. The van der Waals surface area contributed by atoms with E-state index in [-0.39, 0.29) is 30.6 Å². The zero-order valence-electron chi connectivity index (χ0n) is 14.2. The van der Waals surface area contributed by atoms with Gasteiger partial charge < -0.3 is 19.5 Å². The molecule has 3 aromatic heterocycles. The van der Waals surface area contributed by atoms with E-state index < -0.39 is 17.1 Å². The predicted octanol–water partition coefficient (Wildman–Crippen LogP) is 2.43. The van der Waals surface area contributed by atoms with Crippen molar-refractivity contribution in [2.45, 2.75) is 26.1 Å². The molecule has 26 heavy (non-hydrogen) atoms. The van der Waals surface area contributed by atoms with E-state index in [1.807, 2.05) is 11.4 Å². The van der Waals surface area contributed by atoms with Crippen LogP contribution in [0.5, 0.6) is 0 Å². The van der Waals surface area contributed by atoms with Gasteiger partial charge >= 0.3 is 5.88 Å². The van der Waals surface area contributed by atoms with Gasteiger partial charge in [0.05, 0.1) is 23.7 Å². The summed E-state index contributed by atoms with van der Waals surface area (Å²) in [6, 6.07) is 4.56. The summed E-state index contributed by atoms with van der Waals surface area (Å²) in [5.74, 6) is 0.542. The van der Waals surface area contributed by atoms with E-state index in [1.165, 1.54) is 23.5 Å². The lowest BCUT2D eigenvalue weighted by molar-refractivity contribution is -0.401. The molecule has 0 spiro atoms. The van der Waals surface area contributed by atoms with E-state index in [2.05, 4.69) is 9.97 Å². The van der Waals surface area contributed by atoms with Gasteiger partial charge in [-0.3, -0.25) is 10.1 Å². The van der Waals surface area contributed by atoms with Crippen molar-refractivity contribution in [3.63, 3.8) is 0 Å². The molecule has 0 fully saturated rings. The Kier molecular flexibility index (Phi) is 5.16. The first-order valence-corrected chi connectivity index (χ1v) is 8.84. The fourth-order valence-corrected chi connectivity index (χ4v) is 3.38. The summed E-state index contributed by atoms with van der Waals surface area (Å²) < 4.78 is 5.22. The number of nitrogens with zero attached hydrogens (tertiary/aromatic N) is 4. The van der Waals surface area contributed by atoms with Crippen LogP contribution in [0.4, 0.5) is 11.7 Å². The topological polar surface area (TPSA) is 126 Å². The highest BCUT2D eigenvalue weighted by Crippen LogP contribution is 2.32. The van der Waals surface area contributed by atoms with Crippen LogP contribution in [-0.2, 0) is 0 Å². The summed E-state index contributed by atoms with van der Waals surface area (Å²) in [6.45, 7) is 3.84. The summed E-state index contributed by atoms with van der Waals surface area (Å²) in [4.78, 5) is 21.6. The molecule has 0 amide bonds. The molecular weight excluding hydrogens is 360 g/mol. The SMILES string of the molecule is CC(O)CN(CC(C)O)c1nc(-c2ccc([N+](=O)[O-])o2)nc2sccc12. The van der Waals surface area contributed by atoms with Crippen molar-refractivity contribution in [2.75, 3.05) is 18.0 Å². The van der Waals surface area contributed by atoms with Gasteiger partial charge in [0.1, 0.15) is 15.6 Å². The third kappa shape index (κ3) is 3.82. The molecule has 0 saturated carbocycles. The van der Waals surface area contributed by atoms with Gasteiger partial charge in [0.15, 0.2) is 11.6 Å². The van der Waals surface area contributed by atoms with E-state index in [4.69, 9.17) is 4.42 Å². The molecule has 2 atom stereocenters. The minimum Gasteiger partial charge on any atom is -0.397 e. The van der Waals surface area contributed by atoms with Gasteiger partial charge in [0.25, 0.3) is 0 Å². The van der Waals surface area contributed by atoms with Gasteiger partial charge in [-0.25, -0.2) is 9.97 Å². The molecule has 138 valence electrons. The van der Waals surface area contributed by atoms with Crippen LogP contribution in [0.1, 0.15) is 13.8 Å². The molecule has 0 saturated heterocycles. The van der Waals surface area contributed by atoms with E-state index >= 15 is 0 Å². The normalized spacial score (nSPS) is 13.7. The fraction of sp³-hybridized carbons (Fsp3) is 0.375. The third-order valence-electron chi connectivity index (χ3n) is 3.57. The number of thiophene rings is 1. The van der Waals surface area contributed by atoms with Gasteiger partial charge in [-0.1, -0.05) is 0 Å². The quantitative estimate of drug-likeness (QED) is 0.474. The van der Waals surface area contributed by atoms with Crippen LogP contribution in [-0.4, -0.2) is 50.4 Å². The maximum Gasteiger partial charge on any atom is 0.433 e. The lowest BCUT2D eigenvalue weighted by Gasteiger charge is -2.27. The van der Waals surface area contributed by atoms with Crippen LogP contribution >= 0.6 is 11.3 Å². The molecule has 10 heteroatoms. The number of hydrogen-bond donors (Lipinski definition) is 2. The minimum absolute atomic E-state index is 0.183. The van der Waals surface area contributed by atoms with Gasteiger partial charge in [-0.05, 0) is 31.4 Å². The highest BCUT2D eigenvalue weighted by molar-refractivity contribution is 7.16. The highest BCUT2D eigenvalue weighted by Gasteiger charge is 2.21. The molecule has 0 aliphatic carbocycles. The maximum atomic E-state index is 10.8. The van der Waals surface area contributed by atoms with E-state index in [0.29, 0.717) is 10.6 Å². The zero-order chi connectivity index (χ0) is 18.8. The van der Waals surface area contributed by atoms with Crippen molar-refractivity contribution < 1.29 is 19.6 Å². The van der Waals surface area contributed by atoms with Gasteiger partial charge in [0.2, 0.25) is 0 Å². The monoisotopic (exact) mass is 378 g/mol. The Morgan fingerprint density at radius 3 is 2.50 bits per heavy atom. The Bertz CT molecular complexity index is 910. The zero-order valence-corrected chi connectivity index (χ0v) is 15.0. The summed E-state index contributed by atoms with van der Waals surface area (Å²) >= 11 is 1.40. The summed E-state index contributed by atoms with van der Waals surface area (Å²) in [5, 5.41) is 33.1. The second-order valence-electron chi connectivity index (χ2n) is 6.01. The Hall–Kier alpha value is -2.56. The molecule has 0 bridgehead atoms. The molecule has 3 aromatic rings. The van der Waals surface area contributed by atoms with E-state index in [1.54, 1.807) is 18.7 Å². The maximum absolute atomic E-state index is 10.8. The smallest absolute Gasteiger partial charge is 0.397 e. The molecule has 0 aromatic carbocycles. The number of nitro groups is 1. The molecule has 2 N–H and O–H groups in total. The van der Waals surface area contributed by atoms with Crippen molar-refractivity contribution in [3.05, 3.63) is 33.7 Å². The summed E-state index contributed by atoms with van der Waals surface area (Å²) in [5.41, 5.74) is 0. The molecule has 9 nitrogen and oxygen atoms in total. The first-order valence-electron chi connectivity index (χ1n) is 7.96. The largest absolute Gasteiger partial charge is 0.433 e. The molecule has 0 radical (unpaired) electrons. The van der Waals surface area contributed by atoms with Crippen LogP contribution in [0, 0.1) is 10.1 Å². The molecular formula is C16H18N4O5S. The Labute approximate surface area is 152 Å². The van der Waals surface area contributed by atoms with Crippen molar-refractivity contribution in [1.82, 2.24) is 9.97 Å². The Morgan fingerprint density at radius 1 is 1.23 bits per heavy atom. The van der Waals surface area contributed by atoms with Crippen molar-refractivity contribution in [2.24, 2.45) is 0 Å². The highest BCUT2D eigenvalue weighted by atomic mass is 32.1. The van der Waals surface area contributed by atoms with Gasteiger partial charge in [0, 0.05) is 13.1 Å². The molecule has 3 heterocycles. The van der Waals surface area contributed by atoms with Crippen LogP contribution in [0.3, 0.4) is 0 Å². The number of aliphatic hydroxyl groups is 2. The average molecular weight is 378 g/mol.